The Kier molecular flexibility index (Phi) is 4.72. The van der Waals surface area contributed by atoms with E-state index in [0.717, 1.165) is 5.69 Å². The highest BCUT2D eigenvalue weighted by atomic mass is 16.1. The Balaban J connectivity index is 2.54. The Morgan fingerprint density at radius 1 is 1.50 bits per heavy atom. The highest BCUT2D eigenvalue weighted by molar-refractivity contribution is 5.89. The molecule has 4 N–H and O–H groups in total. The van der Waals surface area contributed by atoms with Gasteiger partial charge in [-0.25, -0.2) is 4.98 Å². The first-order chi connectivity index (χ1) is 7.61. The van der Waals surface area contributed by atoms with Crippen molar-refractivity contribution in [3.63, 3.8) is 0 Å². The molecule has 1 aromatic rings. The standard InChI is InChI=1S/C11H18N4O/c1-8(2)14-9-3-4-10(13-7-9)15-11(16)5-6-12/h3-4,7-8,14H,5-6,12H2,1-2H3,(H,13,15,16). The summed E-state index contributed by atoms with van der Waals surface area (Å²) in [5.41, 5.74) is 6.21. The molecule has 0 radical (unpaired) electrons. The molecular formula is C11H18N4O. The lowest BCUT2D eigenvalue weighted by Crippen LogP contribution is -2.17. The third-order valence-corrected chi connectivity index (χ3v) is 1.86. The number of hydrogen-bond donors (Lipinski definition) is 3. The number of pyridine rings is 1. The van der Waals surface area contributed by atoms with Crippen molar-refractivity contribution < 1.29 is 4.79 Å². The van der Waals surface area contributed by atoms with Crippen molar-refractivity contribution in [1.29, 1.82) is 0 Å². The maximum atomic E-state index is 11.2. The summed E-state index contributed by atoms with van der Waals surface area (Å²) >= 11 is 0. The van der Waals surface area contributed by atoms with Crippen LogP contribution in [0.3, 0.4) is 0 Å². The topological polar surface area (TPSA) is 80.0 Å². The van der Waals surface area contributed by atoms with Gasteiger partial charge in [0.25, 0.3) is 0 Å². The van der Waals surface area contributed by atoms with E-state index in [4.69, 9.17) is 5.73 Å². The number of rotatable bonds is 5. The van der Waals surface area contributed by atoms with Crippen molar-refractivity contribution in [3.8, 4) is 0 Å². The van der Waals surface area contributed by atoms with Crippen LogP contribution in [-0.4, -0.2) is 23.5 Å². The number of carbonyl (C=O) groups is 1. The zero-order chi connectivity index (χ0) is 12.0. The van der Waals surface area contributed by atoms with Crippen LogP contribution in [0.4, 0.5) is 11.5 Å². The predicted molar refractivity (Wildman–Crippen MR) is 65.3 cm³/mol. The molecule has 0 spiro atoms. The lowest BCUT2D eigenvalue weighted by Gasteiger charge is -2.10. The number of anilines is 2. The van der Waals surface area contributed by atoms with Gasteiger partial charge >= 0.3 is 0 Å². The average Bonchev–Trinajstić information content (AvgIpc) is 2.20. The molecule has 0 aliphatic carbocycles. The minimum Gasteiger partial charge on any atom is -0.382 e. The molecule has 0 aromatic carbocycles. The fourth-order valence-corrected chi connectivity index (χ4v) is 1.22. The average molecular weight is 222 g/mol. The van der Waals surface area contributed by atoms with Gasteiger partial charge in [0.05, 0.1) is 11.9 Å². The molecule has 0 saturated heterocycles. The highest BCUT2D eigenvalue weighted by Crippen LogP contribution is 2.10. The van der Waals surface area contributed by atoms with Gasteiger partial charge in [-0.15, -0.1) is 0 Å². The van der Waals surface area contributed by atoms with E-state index in [1.807, 2.05) is 6.07 Å². The first-order valence-corrected chi connectivity index (χ1v) is 5.34. The third kappa shape index (κ3) is 4.27. The van der Waals surface area contributed by atoms with Gasteiger partial charge in [0.2, 0.25) is 5.91 Å². The van der Waals surface area contributed by atoms with Crippen LogP contribution in [0.5, 0.6) is 0 Å². The Morgan fingerprint density at radius 3 is 2.75 bits per heavy atom. The Labute approximate surface area is 95.4 Å². The van der Waals surface area contributed by atoms with Crippen molar-refractivity contribution >= 4 is 17.4 Å². The van der Waals surface area contributed by atoms with Crippen molar-refractivity contribution in [1.82, 2.24) is 4.98 Å². The van der Waals surface area contributed by atoms with Gasteiger partial charge in [-0.2, -0.15) is 0 Å². The predicted octanol–water partition coefficient (Wildman–Crippen LogP) is 1.19. The number of hydrogen-bond acceptors (Lipinski definition) is 4. The molecule has 88 valence electrons. The van der Waals surface area contributed by atoms with Gasteiger partial charge in [-0.1, -0.05) is 0 Å². The molecule has 5 nitrogen and oxygen atoms in total. The summed E-state index contributed by atoms with van der Waals surface area (Å²) in [6.07, 6.45) is 2.01. The Morgan fingerprint density at radius 2 is 2.25 bits per heavy atom. The van der Waals surface area contributed by atoms with Gasteiger partial charge < -0.3 is 16.4 Å². The lowest BCUT2D eigenvalue weighted by atomic mass is 10.3. The second-order valence-corrected chi connectivity index (χ2v) is 3.82. The van der Waals surface area contributed by atoms with Gasteiger partial charge in [0.1, 0.15) is 5.82 Å². The number of carbonyl (C=O) groups excluding carboxylic acids is 1. The molecule has 1 aromatic heterocycles. The summed E-state index contributed by atoms with van der Waals surface area (Å²) in [5.74, 6) is 0.437. The zero-order valence-electron chi connectivity index (χ0n) is 9.66. The molecule has 5 heteroatoms. The number of nitrogens with zero attached hydrogens (tertiary/aromatic N) is 1. The fourth-order valence-electron chi connectivity index (χ4n) is 1.22. The van der Waals surface area contributed by atoms with E-state index in [1.54, 1.807) is 12.3 Å². The molecule has 1 rings (SSSR count). The van der Waals surface area contributed by atoms with E-state index in [9.17, 15) is 4.79 Å². The minimum atomic E-state index is -0.112. The normalized spacial score (nSPS) is 10.2. The molecule has 1 heterocycles. The van der Waals surface area contributed by atoms with E-state index in [2.05, 4.69) is 29.5 Å². The van der Waals surface area contributed by atoms with Crippen molar-refractivity contribution in [2.24, 2.45) is 5.73 Å². The van der Waals surface area contributed by atoms with Crippen LogP contribution in [-0.2, 0) is 4.79 Å². The van der Waals surface area contributed by atoms with Crippen molar-refractivity contribution in [3.05, 3.63) is 18.3 Å². The first-order valence-electron chi connectivity index (χ1n) is 5.34. The van der Waals surface area contributed by atoms with Gasteiger partial charge in [0, 0.05) is 19.0 Å². The molecule has 0 aliphatic heterocycles. The number of nitrogens with two attached hydrogens (primary N) is 1. The number of nitrogens with one attached hydrogen (secondary N) is 2. The monoisotopic (exact) mass is 222 g/mol. The zero-order valence-corrected chi connectivity index (χ0v) is 9.66. The fraction of sp³-hybridized carbons (Fsp3) is 0.455. The van der Waals surface area contributed by atoms with Crippen LogP contribution in [0, 0.1) is 0 Å². The summed E-state index contributed by atoms with van der Waals surface area (Å²) < 4.78 is 0. The van der Waals surface area contributed by atoms with Crippen LogP contribution >= 0.6 is 0 Å². The van der Waals surface area contributed by atoms with E-state index >= 15 is 0 Å². The quantitative estimate of drug-likeness (QED) is 0.699. The van der Waals surface area contributed by atoms with Crippen molar-refractivity contribution in [2.45, 2.75) is 26.3 Å². The first kappa shape index (κ1) is 12.4. The van der Waals surface area contributed by atoms with Crippen LogP contribution < -0.4 is 16.4 Å². The van der Waals surface area contributed by atoms with Gasteiger partial charge in [-0.05, 0) is 26.0 Å². The number of aromatic nitrogens is 1. The summed E-state index contributed by atoms with van der Waals surface area (Å²) in [6, 6.07) is 4.00. The molecule has 0 saturated carbocycles. The van der Waals surface area contributed by atoms with Crippen LogP contribution in [0.25, 0.3) is 0 Å². The lowest BCUT2D eigenvalue weighted by molar-refractivity contribution is -0.116. The molecule has 0 atom stereocenters. The summed E-state index contributed by atoms with van der Waals surface area (Å²) in [6.45, 7) is 4.45. The van der Waals surface area contributed by atoms with E-state index in [1.165, 1.54) is 0 Å². The number of amides is 1. The smallest absolute Gasteiger partial charge is 0.226 e. The second-order valence-electron chi connectivity index (χ2n) is 3.82. The van der Waals surface area contributed by atoms with Crippen LogP contribution in [0.2, 0.25) is 0 Å². The Hall–Kier alpha value is -1.62. The summed E-state index contributed by atoms with van der Waals surface area (Å²) in [5, 5.41) is 5.88. The molecule has 1 amide bonds. The van der Waals surface area contributed by atoms with E-state index in [0.29, 0.717) is 24.8 Å². The summed E-state index contributed by atoms with van der Waals surface area (Å²) in [4.78, 5) is 15.3. The van der Waals surface area contributed by atoms with E-state index < -0.39 is 0 Å². The van der Waals surface area contributed by atoms with Crippen molar-refractivity contribution in [2.75, 3.05) is 17.2 Å². The molecular weight excluding hydrogens is 204 g/mol. The SMILES string of the molecule is CC(C)Nc1ccc(NC(=O)CCN)nc1. The molecule has 0 fully saturated rings. The maximum absolute atomic E-state index is 11.2. The van der Waals surface area contributed by atoms with Gasteiger partial charge in [-0.3, -0.25) is 4.79 Å². The van der Waals surface area contributed by atoms with Crippen LogP contribution in [0.1, 0.15) is 20.3 Å². The largest absolute Gasteiger partial charge is 0.382 e. The molecule has 0 aliphatic rings. The van der Waals surface area contributed by atoms with E-state index in [-0.39, 0.29) is 5.91 Å². The summed E-state index contributed by atoms with van der Waals surface area (Å²) in [7, 11) is 0. The van der Waals surface area contributed by atoms with Gasteiger partial charge in [0.15, 0.2) is 0 Å². The Bertz CT molecular complexity index is 334. The second kappa shape index (κ2) is 6.07. The molecule has 0 bridgehead atoms. The minimum absolute atomic E-state index is 0.112. The molecule has 16 heavy (non-hydrogen) atoms. The molecule has 0 unspecified atom stereocenters. The maximum Gasteiger partial charge on any atom is 0.226 e. The highest BCUT2D eigenvalue weighted by Gasteiger charge is 2.02. The van der Waals surface area contributed by atoms with Crippen LogP contribution in [0.15, 0.2) is 18.3 Å². The third-order valence-electron chi connectivity index (χ3n) is 1.86.